The normalized spacial score (nSPS) is 16.9. The molecule has 96 valence electrons. The molecule has 4 nitrogen and oxygen atoms in total. The van der Waals surface area contributed by atoms with Gasteiger partial charge in [0.25, 0.3) is 0 Å². The van der Waals surface area contributed by atoms with Gasteiger partial charge in [0.1, 0.15) is 0 Å². The molecule has 0 aliphatic carbocycles. The third-order valence-electron chi connectivity index (χ3n) is 2.98. The first-order chi connectivity index (χ1) is 7.38. The van der Waals surface area contributed by atoms with Crippen molar-refractivity contribution in [2.24, 2.45) is 5.73 Å². The second-order valence-electron chi connectivity index (χ2n) is 4.74. The van der Waals surface area contributed by atoms with Crippen LogP contribution in [0.4, 0.5) is 0 Å². The summed E-state index contributed by atoms with van der Waals surface area (Å²) in [5.74, 6) is 0.0986. The molecule has 0 rings (SSSR count). The average molecular weight is 229 g/mol. The quantitative estimate of drug-likeness (QED) is 0.683. The third kappa shape index (κ3) is 6.08. The summed E-state index contributed by atoms with van der Waals surface area (Å²) < 4.78 is 0. The van der Waals surface area contributed by atoms with Crippen LogP contribution in [0.25, 0.3) is 0 Å². The van der Waals surface area contributed by atoms with E-state index in [-0.39, 0.29) is 24.0 Å². The molecule has 0 aromatic heterocycles. The highest BCUT2D eigenvalue weighted by molar-refractivity contribution is 5.81. The molecule has 3 N–H and O–H groups in total. The van der Waals surface area contributed by atoms with E-state index in [0.717, 1.165) is 19.4 Å². The second kappa shape index (κ2) is 7.63. The van der Waals surface area contributed by atoms with Crippen molar-refractivity contribution in [3.8, 4) is 0 Å². The number of hydrogen-bond acceptors (Lipinski definition) is 3. The summed E-state index contributed by atoms with van der Waals surface area (Å²) in [7, 11) is 1.96. The Balaban J connectivity index is 4.01. The molecule has 0 bridgehead atoms. The van der Waals surface area contributed by atoms with Gasteiger partial charge in [-0.05, 0) is 40.7 Å². The van der Waals surface area contributed by atoms with Crippen molar-refractivity contribution in [2.75, 3.05) is 13.6 Å². The molecule has 1 amide bonds. The van der Waals surface area contributed by atoms with E-state index >= 15 is 0 Å². The number of nitrogens with zero attached hydrogens (tertiary/aromatic N) is 1. The number of rotatable bonds is 7. The number of hydrogen-bond donors (Lipinski definition) is 2. The third-order valence-corrected chi connectivity index (χ3v) is 2.98. The van der Waals surface area contributed by atoms with Crippen LogP contribution in [0.2, 0.25) is 0 Å². The maximum atomic E-state index is 11.8. The van der Waals surface area contributed by atoms with Crippen molar-refractivity contribution < 1.29 is 4.79 Å². The first-order valence-electron chi connectivity index (χ1n) is 6.14. The highest BCUT2D eigenvalue weighted by atomic mass is 16.2. The maximum Gasteiger partial charge on any atom is 0.237 e. The smallest absolute Gasteiger partial charge is 0.237 e. The molecule has 3 atom stereocenters. The fourth-order valence-corrected chi connectivity index (χ4v) is 1.27. The first-order valence-corrected chi connectivity index (χ1v) is 6.14. The predicted octanol–water partition coefficient (Wildman–Crippen LogP) is 0.959. The lowest BCUT2D eigenvalue weighted by Gasteiger charge is -2.25. The lowest BCUT2D eigenvalue weighted by atomic mass is 10.2. The Morgan fingerprint density at radius 2 is 1.94 bits per heavy atom. The van der Waals surface area contributed by atoms with Gasteiger partial charge in [0.2, 0.25) is 5.91 Å². The van der Waals surface area contributed by atoms with E-state index in [2.05, 4.69) is 12.2 Å². The first kappa shape index (κ1) is 15.4. The van der Waals surface area contributed by atoms with Gasteiger partial charge < -0.3 is 11.1 Å². The number of nitrogens with two attached hydrogens (primary N) is 1. The summed E-state index contributed by atoms with van der Waals surface area (Å²) >= 11 is 0. The number of likely N-dealkylation sites (N-methyl/N-ethyl adjacent to an activating group) is 1. The van der Waals surface area contributed by atoms with Crippen LogP contribution in [-0.2, 0) is 4.79 Å². The summed E-state index contributed by atoms with van der Waals surface area (Å²) in [6.45, 7) is 8.85. The van der Waals surface area contributed by atoms with Crippen molar-refractivity contribution in [3.63, 3.8) is 0 Å². The fraction of sp³-hybridized carbons (Fsp3) is 0.917. The predicted molar refractivity (Wildman–Crippen MR) is 68.3 cm³/mol. The molecular formula is C12H27N3O. The van der Waals surface area contributed by atoms with Crippen molar-refractivity contribution >= 4 is 5.91 Å². The van der Waals surface area contributed by atoms with E-state index in [0.29, 0.717) is 0 Å². The van der Waals surface area contributed by atoms with Crippen molar-refractivity contribution in [2.45, 2.75) is 58.7 Å². The van der Waals surface area contributed by atoms with E-state index in [1.54, 1.807) is 0 Å². The average Bonchev–Trinajstić information content (AvgIpc) is 2.24. The monoisotopic (exact) mass is 229 g/mol. The molecule has 0 aromatic carbocycles. The van der Waals surface area contributed by atoms with E-state index in [9.17, 15) is 4.79 Å². The van der Waals surface area contributed by atoms with Crippen molar-refractivity contribution in [1.29, 1.82) is 0 Å². The number of carbonyl (C=O) groups is 1. The zero-order valence-electron chi connectivity index (χ0n) is 11.3. The Kier molecular flexibility index (Phi) is 7.34. The van der Waals surface area contributed by atoms with Gasteiger partial charge in [-0.3, -0.25) is 9.69 Å². The second-order valence-corrected chi connectivity index (χ2v) is 4.74. The number of nitrogens with one attached hydrogen (secondary N) is 1. The molecule has 0 aliphatic rings. The Hall–Kier alpha value is -0.610. The van der Waals surface area contributed by atoms with Crippen LogP contribution >= 0.6 is 0 Å². The molecule has 3 unspecified atom stereocenters. The van der Waals surface area contributed by atoms with Gasteiger partial charge in [-0.2, -0.15) is 0 Å². The highest BCUT2D eigenvalue weighted by Gasteiger charge is 2.18. The van der Waals surface area contributed by atoms with E-state index in [4.69, 9.17) is 5.73 Å². The van der Waals surface area contributed by atoms with Crippen molar-refractivity contribution in [1.82, 2.24) is 10.2 Å². The summed E-state index contributed by atoms with van der Waals surface area (Å²) in [5.41, 5.74) is 5.69. The molecule has 0 fully saturated rings. The minimum absolute atomic E-state index is 0.0900. The molecule has 0 spiro atoms. The fourth-order valence-electron chi connectivity index (χ4n) is 1.27. The molecule has 0 radical (unpaired) electrons. The van der Waals surface area contributed by atoms with Gasteiger partial charge in [0.05, 0.1) is 6.04 Å². The standard InChI is InChI=1S/C12H27N3O/c1-6-10(3)14-12(16)11(4)15(5)8-7-9(2)13/h9-11H,6-8,13H2,1-5H3,(H,14,16). The number of amides is 1. The SMILES string of the molecule is CCC(C)NC(=O)C(C)N(C)CCC(C)N. The molecule has 16 heavy (non-hydrogen) atoms. The minimum atomic E-state index is -0.0900. The van der Waals surface area contributed by atoms with Gasteiger partial charge in [0.15, 0.2) is 0 Å². The molecule has 4 heteroatoms. The Morgan fingerprint density at radius 3 is 2.38 bits per heavy atom. The van der Waals surface area contributed by atoms with Crippen LogP contribution in [0.5, 0.6) is 0 Å². The molecule has 0 heterocycles. The van der Waals surface area contributed by atoms with Gasteiger partial charge >= 0.3 is 0 Å². The van der Waals surface area contributed by atoms with E-state index in [1.165, 1.54) is 0 Å². The summed E-state index contributed by atoms with van der Waals surface area (Å²) in [4.78, 5) is 13.9. The molecule has 0 aliphatic heterocycles. The molecular weight excluding hydrogens is 202 g/mol. The van der Waals surface area contributed by atoms with Gasteiger partial charge in [-0.25, -0.2) is 0 Å². The lowest BCUT2D eigenvalue weighted by molar-refractivity contribution is -0.126. The van der Waals surface area contributed by atoms with Crippen LogP contribution in [0.15, 0.2) is 0 Å². The van der Waals surface area contributed by atoms with Crippen LogP contribution in [0.3, 0.4) is 0 Å². The molecule has 0 saturated carbocycles. The summed E-state index contributed by atoms with van der Waals surface area (Å²) in [6.07, 6.45) is 1.87. The van der Waals surface area contributed by atoms with Crippen LogP contribution in [0, 0.1) is 0 Å². The van der Waals surface area contributed by atoms with Crippen LogP contribution < -0.4 is 11.1 Å². The molecule has 0 aromatic rings. The summed E-state index contributed by atoms with van der Waals surface area (Å²) in [6, 6.07) is 0.344. The molecule has 0 saturated heterocycles. The van der Waals surface area contributed by atoms with Gasteiger partial charge in [-0.15, -0.1) is 0 Å². The lowest BCUT2D eigenvalue weighted by Crippen LogP contribution is -2.46. The van der Waals surface area contributed by atoms with Crippen LogP contribution in [-0.4, -0.2) is 42.5 Å². The zero-order chi connectivity index (χ0) is 12.7. The Morgan fingerprint density at radius 1 is 1.38 bits per heavy atom. The largest absolute Gasteiger partial charge is 0.352 e. The maximum absolute atomic E-state index is 11.8. The highest BCUT2D eigenvalue weighted by Crippen LogP contribution is 2.00. The van der Waals surface area contributed by atoms with Crippen LogP contribution in [0.1, 0.15) is 40.5 Å². The minimum Gasteiger partial charge on any atom is -0.352 e. The zero-order valence-corrected chi connectivity index (χ0v) is 11.3. The van der Waals surface area contributed by atoms with Gasteiger partial charge in [-0.1, -0.05) is 6.92 Å². The van der Waals surface area contributed by atoms with Crippen molar-refractivity contribution in [3.05, 3.63) is 0 Å². The topological polar surface area (TPSA) is 58.4 Å². The van der Waals surface area contributed by atoms with E-state index < -0.39 is 0 Å². The summed E-state index contributed by atoms with van der Waals surface area (Å²) in [5, 5.41) is 2.99. The number of carbonyl (C=O) groups excluding carboxylic acids is 1. The Labute approximate surface area is 99.6 Å². The van der Waals surface area contributed by atoms with E-state index in [1.807, 2.05) is 32.7 Å². The Bertz CT molecular complexity index is 206. The van der Waals surface area contributed by atoms with Gasteiger partial charge in [0, 0.05) is 18.6 Å².